The van der Waals surface area contributed by atoms with Crippen molar-refractivity contribution in [3.8, 4) is 0 Å². The second kappa shape index (κ2) is 8.43. The minimum atomic E-state index is -0.0241. The van der Waals surface area contributed by atoms with Crippen molar-refractivity contribution < 1.29 is 4.79 Å². The van der Waals surface area contributed by atoms with Crippen molar-refractivity contribution in [1.82, 2.24) is 9.97 Å². The lowest BCUT2D eigenvalue weighted by Crippen LogP contribution is -2.47. The van der Waals surface area contributed by atoms with Crippen LogP contribution in [0.3, 0.4) is 0 Å². The maximum Gasteiger partial charge on any atom is 0.224 e. The van der Waals surface area contributed by atoms with E-state index in [0.29, 0.717) is 19.4 Å². The van der Waals surface area contributed by atoms with Crippen LogP contribution in [0, 0.1) is 0 Å². The smallest absolute Gasteiger partial charge is 0.224 e. The Morgan fingerprint density at radius 2 is 1.76 bits per heavy atom. The Labute approximate surface area is 147 Å². The van der Waals surface area contributed by atoms with Crippen LogP contribution in [0.5, 0.6) is 0 Å². The topological polar surface area (TPSA) is 87.4 Å². The Balaban J connectivity index is 1.52. The van der Waals surface area contributed by atoms with Crippen molar-refractivity contribution in [1.29, 1.82) is 0 Å². The first-order valence-electron chi connectivity index (χ1n) is 8.63. The summed E-state index contributed by atoms with van der Waals surface area (Å²) in [6.45, 7) is 4.14. The summed E-state index contributed by atoms with van der Waals surface area (Å²) in [7, 11) is 0. The van der Waals surface area contributed by atoms with E-state index in [2.05, 4.69) is 25.1 Å². The number of hydrogen-bond acceptors (Lipinski definition) is 6. The number of amides is 1. The van der Waals surface area contributed by atoms with E-state index in [0.717, 1.165) is 43.5 Å². The van der Waals surface area contributed by atoms with E-state index in [1.54, 1.807) is 6.20 Å². The zero-order valence-corrected chi connectivity index (χ0v) is 14.3. The molecule has 1 amide bonds. The predicted octanol–water partition coefficient (Wildman–Crippen LogP) is 1.48. The van der Waals surface area contributed by atoms with Gasteiger partial charge in [0.05, 0.1) is 11.9 Å². The monoisotopic (exact) mass is 340 g/mol. The van der Waals surface area contributed by atoms with Gasteiger partial charge in [0.1, 0.15) is 11.6 Å². The normalized spacial score (nSPS) is 14.4. The highest BCUT2D eigenvalue weighted by atomic mass is 16.1. The number of nitrogens with zero attached hydrogens (tertiary/aromatic N) is 4. The van der Waals surface area contributed by atoms with Gasteiger partial charge in [-0.3, -0.25) is 4.79 Å². The van der Waals surface area contributed by atoms with Gasteiger partial charge in [-0.15, -0.1) is 0 Å². The number of carbonyl (C=O) groups is 1. The number of rotatable bonds is 6. The molecule has 0 bridgehead atoms. The second-order valence-corrected chi connectivity index (χ2v) is 6.01. The van der Waals surface area contributed by atoms with E-state index in [-0.39, 0.29) is 5.91 Å². The Morgan fingerprint density at radius 3 is 2.32 bits per heavy atom. The van der Waals surface area contributed by atoms with Crippen molar-refractivity contribution in [3.63, 3.8) is 0 Å². The highest BCUT2D eigenvalue weighted by molar-refractivity contribution is 5.90. The molecular formula is C18H24N6O. The second-order valence-electron chi connectivity index (χ2n) is 6.01. The van der Waals surface area contributed by atoms with E-state index in [1.807, 2.05) is 36.5 Å². The van der Waals surface area contributed by atoms with Gasteiger partial charge in [-0.25, -0.2) is 9.97 Å². The summed E-state index contributed by atoms with van der Waals surface area (Å²) in [5, 5.41) is 2.84. The highest BCUT2D eigenvalue weighted by Gasteiger charge is 2.18. The third-order valence-electron chi connectivity index (χ3n) is 4.22. The zero-order chi connectivity index (χ0) is 17.5. The molecule has 1 aliphatic rings. The molecule has 0 aromatic carbocycles. The van der Waals surface area contributed by atoms with Gasteiger partial charge in [0.15, 0.2) is 0 Å². The van der Waals surface area contributed by atoms with Crippen LogP contribution in [0.1, 0.15) is 12.8 Å². The third kappa shape index (κ3) is 4.67. The van der Waals surface area contributed by atoms with Gasteiger partial charge in [-0.05, 0) is 37.2 Å². The Bertz CT molecular complexity index is 668. The molecule has 1 aliphatic heterocycles. The fraction of sp³-hybridized carbons (Fsp3) is 0.389. The lowest BCUT2D eigenvalue weighted by molar-refractivity contribution is -0.116. The van der Waals surface area contributed by atoms with Gasteiger partial charge in [0.2, 0.25) is 5.91 Å². The van der Waals surface area contributed by atoms with Crippen molar-refractivity contribution in [2.24, 2.45) is 5.73 Å². The molecule has 25 heavy (non-hydrogen) atoms. The largest absolute Gasteiger partial charge is 0.353 e. The first-order valence-corrected chi connectivity index (χ1v) is 8.63. The fourth-order valence-electron chi connectivity index (χ4n) is 2.84. The quantitative estimate of drug-likeness (QED) is 0.828. The minimum absolute atomic E-state index is 0.0241. The van der Waals surface area contributed by atoms with E-state index in [1.165, 1.54) is 0 Å². The molecule has 3 N–H and O–H groups in total. The summed E-state index contributed by atoms with van der Waals surface area (Å²) in [6, 6.07) is 9.83. The molecule has 3 heterocycles. The maximum absolute atomic E-state index is 11.7. The van der Waals surface area contributed by atoms with Gasteiger partial charge in [0, 0.05) is 38.8 Å². The van der Waals surface area contributed by atoms with Crippen LogP contribution in [-0.2, 0) is 4.79 Å². The molecule has 0 spiro atoms. The molecule has 7 nitrogen and oxygen atoms in total. The third-order valence-corrected chi connectivity index (χ3v) is 4.22. The van der Waals surface area contributed by atoms with Crippen LogP contribution in [0.25, 0.3) is 0 Å². The highest BCUT2D eigenvalue weighted by Crippen LogP contribution is 2.18. The number of nitrogens with two attached hydrogens (primary N) is 1. The molecule has 2 aromatic heterocycles. The predicted molar refractivity (Wildman–Crippen MR) is 99.8 cm³/mol. The van der Waals surface area contributed by atoms with E-state index in [4.69, 9.17) is 5.73 Å². The molecule has 132 valence electrons. The lowest BCUT2D eigenvalue weighted by atomic mass is 10.2. The number of nitrogens with one attached hydrogen (secondary N) is 1. The fourth-order valence-corrected chi connectivity index (χ4v) is 2.84. The van der Waals surface area contributed by atoms with Crippen LogP contribution in [0.15, 0.2) is 42.7 Å². The summed E-state index contributed by atoms with van der Waals surface area (Å²) in [4.78, 5) is 25.1. The SMILES string of the molecule is NCCCC(=O)Nc1ccc(N2CCN(c3ccccn3)CC2)nc1. The Hall–Kier alpha value is -2.67. The van der Waals surface area contributed by atoms with E-state index >= 15 is 0 Å². The Morgan fingerprint density at radius 1 is 1.04 bits per heavy atom. The summed E-state index contributed by atoms with van der Waals surface area (Å²) in [5.74, 6) is 1.93. The molecule has 7 heteroatoms. The van der Waals surface area contributed by atoms with Crippen molar-refractivity contribution in [2.75, 3.05) is 47.8 Å². The average Bonchev–Trinajstić information content (AvgIpc) is 2.68. The van der Waals surface area contributed by atoms with Crippen LogP contribution < -0.4 is 20.9 Å². The molecule has 0 saturated carbocycles. The molecule has 1 fully saturated rings. The molecular weight excluding hydrogens is 316 g/mol. The number of anilines is 3. The summed E-state index contributed by atoms with van der Waals surface area (Å²) < 4.78 is 0. The summed E-state index contributed by atoms with van der Waals surface area (Å²) in [5.41, 5.74) is 6.13. The van der Waals surface area contributed by atoms with E-state index in [9.17, 15) is 4.79 Å². The first-order chi connectivity index (χ1) is 12.3. The molecule has 0 aliphatic carbocycles. The van der Waals surface area contributed by atoms with Crippen molar-refractivity contribution in [2.45, 2.75) is 12.8 Å². The van der Waals surface area contributed by atoms with Gasteiger partial charge in [-0.2, -0.15) is 0 Å². The van der Waals surface area contributed by atoms with E-state index < -0.39 is 0 Å². The van der Waals surface area contributed by atoms with Crippen LogP contribution in [0.2, 0.25) is 0 Å². The molecule has 0 unspecified atom stereocenters. The van der Waals surface area contributed by atoms with Gasteiger partial charge in [-0.1, -0.05) is 6.07 Å². The Kier molecular flexibility index (Phi) is 5.79. The van der Waals surface area contributed by atoms with Gasteiger partial charge in [0.25, 0.3) is 0 Å². The van der Waals surface area contributed by atoms with Crippen LogP contribution in [-0.4, -0.2) is 48.6 Å². The first kappa shape index (κ1) is 17.2. The number of carbonyl (C=O) groups excluding carboxylic acids is 1. The maximum atomic E-state index is 11.7. The zero-order valence-electron chi connectivity index (χ0n) is 14.3. The average molecular weight is 340 g/mol. The molecule has 0 radical (unpaired) electrons. The number of pyridine rings is 2. The van der Waals surface area contributed by atoms with Gasteiger partial charge >= 0.3 is 0 Å². The summed E-state index contributed by atoms with van der Waals surface area (Å²) >= 11 is 0. The van der Waals surface area contributed by atoms with Crippen LogP contribution in [0.4, 0.5) is 17.3 Å². The molecule has 2 aromatic rings. The summed E-state index contributed by atoms with van der Waals surface area (Å²) in [6.07, 6.45) is 4.66. The standard InChI is InChI=1S/C18H24N6O/c19-8-3-5-18(25)22-15-6-7-17(21-14-15)24-12-10-23(11-13-24)16-4-1-2-9-20-16/h1-2,4,6-7,9,14H,3,5,8,10-13,19H2,(H,22,25). The molecule has 0 atom stereocenters. The minimum Gasteiger partial charge on any atom is -0.353 e. The number of piperazine rings is 1. The van der Waals surface area contributed by atoms with Gasteiger partial charge < -0.3 is 20.9 Å². The van der Waals surface area contributed by atoms with Crippen molar-refractivity contribution >= 4 is 23.2 Å². The van der Waals surface area contributed by atoms with Crippen molar-refractivity contribution in [3.05, 3.63) is 42.7 Å². The number of hydrogen-bond donors (Lipinski definition) is 2. The van der Waals surface area contributed by atoms with Crippen LogP contribution >= 0.6 is 0 Å². The molecule has 3 rings (SSSR count). The molecule has 1 saturated heterocycles. The number of aromatic nitrogens is 2. The lowest BCUT2D eigenvalue weighted by Gasteiger charge is -2.36.